The second-order valence-electron chi connectivity index (χ2n) is 5.26. The van der Waals surface area contributed by atoms with E-state index >= 15 is 0 Å². The quantitative estimate of drug-likeness (QED) is 0.632. The number of aliphatic imine (C=N–C) groups is 1. The molecule has 0 rings (SSSR count). The highest BCUT2D eigenvalue weighted by Gasteiger charge is 2.07. The summed E-state index contributed by atoms with van der Waals surface area (Å²) in [6, 6.07) is 0. The zero-order chi connectivity index (χ0) is 9.83. The maximum Gasteiger partial charge on any atom is 0.0884 e. The molecule has 0 aromatic rings. The summed E-state index contributed by atoms with van der Waals surface area (Å²) in [5.74, 6) is 0. The smallest absolute Gasteiger partial charge is 0.0884 e. The predicted molar refractivity (Wildman–Crippen MR) is 55.7 cm³/mol. The van der Waals surface area contributed by atoms with Crippen molar-refractivity contribution in [1.82, 2.24) is 5.32 Å². The summed E-state index contributed by atoms with van der Waals surface area (Å²) in [5, 5.41) is 3.30. The third-order valence-corrected chi connectivity index (χ3v) is 1.18. The first-order chi connectivity index (χ1) is 5.21. The number of nitrogens with zero attached hydrogens (tertiary/aromatic N) is 1. The van der Waals surface area contributed by atoms with Crippen molar-refractivity contribution in [2.75, 3.05) is 6.67 Å². The van der Waals surface area contributed by atoms with Crippen molar-refractivity contribution < 1.29 is 0 Å². The van der Waals surface area contributed by atoms with Crippen LogP contribution in [0.3, 0.4) is 0 Å². The van der Waals surface area contributed by atoms with Crippen molar-refractivity contribution in [1.29, 1.82) is 0 Å². The Hall–Kier alpha value is -0.370. The molecule has 0 saturated heterocycles. The summed E-state index contributed by atoms with van der Waals surface area (Å²) in [5.41, 5.74) is 0.356. The molecular weight excluding hydrogens is 148 g/mol. The van der Waals surface area contributed by atoms with E-state index in [0.29, 0.717) is 6.67 Å². The summed E-state index contributed by atoms with van der Waals surface area (Å²) in [7, 11) is 0. The van der Waals surface area contributed by atoms with Crippen molar-refractivity contribution in [3.63, 3.8) is 0 Å². The maximum absolute atomic E-state index is 4.29. The summed E-state index contributed by atoms with van der Waals surface area (Å²) in [6.07, 6.45) is 1.99. The fraction of sp³-hybridized carbons (Fsp3) is 0.900. The van der Waals surface area contributed by atoms with Gasteiger partial charge in [0.15, 0.2) is 0 Å². The molecule has 1 N–H and O–H groups in total. The molecule has 0 bridgehead atoms. The summed E-state index contributed by atoms with van der Waals surface area (Å²) in [4.78, 5) is 4.29. The van der Waals surface area contributed by atoms with Gasteiger partial charge in [0.1, 0.15) is 0 Å². The minimum atomic E-state index is 0.162. The van der Waals surface area contributed by atoms with Gasteiger partial charge in [0.05, 0.1) is 6.67 Å². The molecule has 0 atom stereocenters. The lowest BCUT2D eigenvalue weighted by Crippen LogP contribution is -2.35. The van der Waals surface area contributed by atoms with Crippen LogP contribution in [0.25, 0.3) is 0 Å². The molecule has 0 aliphatic heterocycles. The Morgan fingerprint density at radius 1 is 1.08 bits per heavy atom. The first-order valence-electron chi connectivity index (χ1n) is 4.47. The number of hydrogen-bond acceptors (Lipinski definition) is 2. The molecule has 0 aliphatic carbocycles. The lowest BCUT2D eigenvalue weighted by molar-refractivity contribution is 0.433. The van der Waals surface area contributed by atoms with Gasteiger partial charge in [-0.2, -0.15) is 0 Å². The first kappa shape index (κ1) is 11.6. The second-order valence-corrected chi connectivity index (χ2v) is 5.26. The lowest BCUT2D eigenvalue weighted by Gasteiger charge is -2.19. The van der Waals surface area contributed by atoms with E-state index in [-0.39, 0.29) is 11.0 Å². The zero-order valence-corrected chi connectivity index (χ0v) is 9.23. The van der Waals surface area contributed by atoms with Crippen LogP contribution in [-0.4, -0.2) is 18.4 Å². The van der Waals surface area contributed by atoms with Crippen LogP contribution in [0.4, 0.5) is 0 Å². The zero-order valence-electron chi connectivity index (χ0n) is 9.23. The van der Waals surface area contributed by atoms with Crippen LogP contribution in [0, 0.1) is 5.41 Å². The van der Waals surface area contributed by atoms with E-state index in [1.165, 1.54) is 0 Å². The molecule has 0 radical (unpaired) electrons. The molecule has 72 valence electrons. The van der Waals surface area contributed by atoms with Gasteiger partial charge < -0.3 is 0 Å². The van der Waals surface area contributed by atoms with Crippen LogP contribution < -0.4 is 5.32 Å². The van der Waals surface area contributed by atoms with Crippen molar-refractivity contribution in [3.8, 4) is 0 Å². The van der Waals surface area contributed by atoms with Crippen LogP contribution in [0.2, 0.25) is 0 Å². The molecule has 2 nitrogen and oxygen atoms in total. The first-order valence-corrected chi connectivity index (χ1v) is 4.47. The largest absolute Gasteiger partial charge is 0.294 e. The van der Waals surface area contributed by atoms with E-state index in [2.05, 4.69) is 51.9 Å². The molecule has 0 heterocycles. The van der Waals surface area contributed by atoms with Gasteiger partial charge >= 0.3 is 0 Å². The van der Waals surface area contributed by atoms with E-state index in [9.17, 15) is 0 Å². The molecule has 0 aromatic heterocycles. The molecule has 0 aliphatic rings. The molecule has 12 heavy (non-hydrogen) atoms. The molecule has 0 fully saturated rings. The molecule has 0 amide bonds. The van der Waals surface area contributed by atoms with E-state index in [1.54, 1.807) is 0 Å². The topological polar surface area (TPSA) is 24.4 Å². The third-order valence-electron chi connectivity index (χ3n) is 1.18. The van der Waals surface area contributed by atoms with Crippen LogP contribution >= 0.6 is 0 Å². The summed E-state index contributed by atoms with van der Waals surface area (Å²) in [6.45, 7) is 13.6. The van der Waals surface area contributed by atoms with Crippen LogP contribution in [0.5, 0.6) is 0 Å². The van der Waals surface area contributed by atoms with Gasteiger partial charge in [0.25, 0.3) is 0 Å². The van der Waals surface area contributed by atoms with Gasteiger partial charge in [-0.3, -0.25) is 10.3 Å². The molecular formula is C10H22N2. The van der Waals surface area contributed by atoms with E-state index in [0.717, 1.165) is 0 Å². The Balaban J connectivity index is 3.64. The van der Waals surface area contributed by atoms with E-state index < -0.39 is 0 Å². The highest BCUT2D eigenvalue weighted by atomic mass is 15.0. The van der Waals surface area contributed by atoms with Gasteiger partial charge in [-0.1, -0.05) is 20.8 Å². The SMILES string of the molecule is CC(C)(C)/C=N\CNC(C)(C)C. The second kappa shape index (κ2) is 4.04. The van der Waals surface area contributed by atoms with Gasteiger partial charge in [-0.15, -0.1) is 0 Å². The minimum Gasteiger partial charge on any atom is -0.294 e. The monoisotopic (exact) mass is 170 g/mol. The van der Waals surface area contributed by atoms with Crippen LogP contribution in [-0.2, 0) is 0 Å². The average Bonchev–Trinajstić information content (AvgIpc) is 1.76. The van der Waals surface area contributed by atoms with Crippen molar-refractivity contribution in [2.45, 2.75) is 47.1 Å². The van der Waals surface area contributed by atoms with Crippen LogP contribution in [0.1, 0.15) is 41.5 Å². The van der Waals surface area contributed by atoms with Gasteiger partial charge in [-0.05, 0) is 26.2 Å². The number of rotatable bonds is 2. The van der Waals surface area contributed by atoms with E-state index in [4.69, 9.17) is 0 Å². The molecule has 0 unspecified atom stereocenters. The Morgan fingerprint density at radius 3 is 1.92 bits per heavy atom. The van der Waals surface area contributed by atoms with Gasteiger partial charge in [0.2, 0.25) is 0 Å². The normalized spacial score (nSPS) is 14.2. The highest BCUT2D eigenvalue weighted by molar-refractivity contribution is 5.63. The van der Waals surface area contributed by atoms with Gasteiger partial charge in [0, 0.05) is 11.8 Å². The van der Waals surface area contributed by atoms with Crippen molar-refractivity contribution >= 4 is 6.21 Å². The van der Waals surface area contributed by atoms with Crippen LogP contribution in [0.15, 0.2) is 4.99 Å². The average molecular weight is 170 g/mol. The standard InChI is InChI=1S/C10H22N2/c1-9(2,3)7-11-8-12-10(4,5)6/h7,12H,8H2,1-6H3/b11-7-. The molecule has 0 aromatic carbocycles. The Kier molecular flexibility index (Phi) is 3.91. The van der Waals surface area contributed by atoms with Gasteiger partial charge in [-0.25, -0.2) is 0 Å². The fourth-order valence-electron chi connectivity index (χ4n) is 0.602. The summed E-state index contributed by atoms with van der Waals surface area (Å²) < 4.78 is 0. The maximum atomic E-state index is 4.29. The predicted octanol–water partition coefficient (Wildman–Crippen LogP) is 2.45. The number of hydrogen-bond donors (Lipinski definition) is 1. The Labute approximate surface area is 76.5 Å². The molecule has 0 spiro atoms. The van der Waals surface area contributed by atoms with E-state index in [1.807, 2.05) is 6.21 Å². The van der Waals surface area contributed by atoms with Crippen molar-refractivity contribution in [2.24, 2.45) is 10.4 Å². The minimum absolute atomic E-state index is 0.162. The lowest BCUT2D eigenvalue weighted by atomic mass is 9.99. The Bertz CT molecular complexity index is 146. The summed E-state index contributed by atoms with van der Waals surface area (Å²) >= 11 is 0. The van der Waals surface area contributed by atoms with Crippen molar-refractivity contribution in [3.05, 3.63) is 0 Å². The highest BCUT2D eigenvalue weighted by Crippen LogP contribution is 2.08. The molecule has 2 heteroatoms. The third kappa shape index (κ3) is 9.63. The fourth-order valence-corrected chi connectivity index (χ4v) is 0.602. The molecule has 0 saturated carbocycles. The Morgan fingerprint density at radius 2 is 1.58 bits per heavy atom. The number of nitrogens with one attached hydrogen (secondary N) is 1.